The van der Waals surface area contributed by atoms with Crippen LogP contribution in [0.1, 0.15) is 25.9 Å². The van der Waals surface area contributed by atoms with Crippen LogP contribution in [0.25, 0.3) is 10.9 Å². The number of aromatic nitrogens is 2. The standard InChI is InChI=1S/C16H16N4OS/c1-10-15(22-11(2)18-10)16(21)19-17-8-12-9-20(3)14-7-5-4-6-13(12)14/h4-9H,1-3H3,(H,19,21)/b17-8+. The molecule has 0 spiro atoms. The first-order valence-corrected chi connectivity index (χ1v) is 7.69. The number of hydrogen-bond acceptors (Lipinski definition) is 4. The average molecular weight is 312 g/mol. The molecule has 112 valence electrons. The van der Waals surface area contributed by atoms with Gasteiger partial charge < -0.3 is 4.57 Å². The highest BCUT2D eigenvalue weighted by Crippen LogP contribution is 2.19. The fourth-order valence-electron chi connectivity index (χ4n) is 2.43. The number of nitrogens with one attached hydrogen (secondary N) is 1. The maximum absolute atomic E-state index is 12.1. The number of nitrogens with zero attached hydrogens (tertiary/aromatic N) is 3. The summed E-state index contributed by atoms with van der Waals surface area (Å²) in [6, 6.07) is 8.07. The lowest BCUT2D eigenvalue weighted by atomic mass is 10.2. The lowest BCUT2D eigenvalue weighted by Crippen LogP contribution is -2.17. The van der Waals surface area contributed by atoms with Gasteiger partial charge in [0.1, 0.15) is 4.88 Å². The maximum atomic E-state index is 12.1. The van der Waals surface area contributed by atoms with E-state index in [1.807, 2.05) is 49.9 Å². The van der Waals surface area contributed by atoms with Crippen LogP contribution in [0.4, 0.5) is 0 Å². The zero-order valence-corrected chi connectivity index (χ0v) is 13.4. The second-order valence-electron chi connectivity index (χ2n) is 5.06. The molecule has 0 radical (unpaired) electrons. The largest absolute Gasteiger partial charge is 0.350 e. The zero-order valence-electron chi connectivity index (χ0n) is 12.6. The molecule has 0 saturated heterocycles. The molecule has 2 heterocycles. The maximum Gasteiger partial charge on any atom is 0.283 e. The second kappa shape index (κ2) is 5.73. The number of thiazole rings is 1. The second-order valence-corrected chi connectivity index (χ2v) is 6.26. The van der Waals surface area contributed by atoms with Crippen molar-refractivity contribution < 1.29 is 4.79 Å². The molecule has 0 atom stereocenters. The minimum atomic E-state index is -0.223. The molecule has 0 aliphatic heterocycles. The lowest BCUT2D eigenvalue weighted by Gasteiger charge is -1.96. The van der Waals surface area contributed by atoms with Gasteiger partial charge in [-0.1, -0.05) is 18.2 Å². The van der Waals surface area contributed by atoms with E-state index < -0.39 is 0 Å². The van der Waals surface area contributed by atoms with Crippen LogP contribution in [0.15, 0.2) is 35.6 Å². The topological polar surface area (TPSA) is 59.3 Å². The quantitative estimate of drug-likeness (QED) is 0.597. The Kier molecular flexibility index (Phi) is 3.77. The summed E-state index contributed by atoms with van der Waals surface area (Å²) in [5.74, 6) is -0.223. The molecule has 0 aliphatic rings. The number of fused-ring (bicyclic) bond motifs is 1. The van der Waals surface area contributed by atoms with Gasteiger partial charge in [0.15, 0.2) is 0 Å². The molecule has 0 saturated carbocycles. The van der Waals surface area contributed by atoms with E-state index in [0.717, 1.165) is 27.2 Å². The van der Waals surface area contributed by atoms with Crippen molar-refractivity contribution in [3.8, 4) is 0 Å². The smallest absolute Gasteiger partial charge is 0.283 e. The Morgan fingerprint density at radius 3 is 2.86 bits per heavy atom. The number of aryl methyl sites for hydroxylation is 3. The molecule has 6 heteroatoms. The summed E-state index contributed by atoms with van der Waals surface area (Å²) in [6.45, 7) is 3.71. The molecular formula is C16H16N4OS. The number of amides is 1. The third-order valence-electron chi connectivity index (χ3n) is 3.41. The summed E-state index contributed by atoms with van der Waals surface area (Å²) in [6.07, 6.45) is 3.66. The van der Waals surface area contributed by atoms with Crippen LogP contribution in [0.5, 0.6) is 0 Å². The third kappa shape index (κ3) is 2.65. The van der Waals surface area contributed by atoms with Crippen LogP contribution in [0, 0.1) is 13.8 Å². The van der Waals surface area contributed by atoms with E-state index in [1.54, 1.807) is 6.21 Å². The molecule has 1 aromatic carbocycles. The van der Waals surface area contributed by atoms with Gasteiger partial charge in [-0.25, -0.2) is 10.4 Å². The van der Waals surface area contributed by atoms with Gasteiger partial charge in [-0.15, -0.1) is 11.3 Å². The first-order valence-electron chi connectivity index (χ1n) is 6.88. The molecule has 0 aliphatic carbocycles. The third-order valence-corrected chi connectivity index (χ3v) is 4.48. The van der Waals surface area contributed by atoms with Crippen molar-refractivity contribution in [2.24, 2.45) is 12.1 Å². The van der Waals surface area contributed by atoms with Gasteiger partial charge in [-0.2, -0.15) is 5.10 Å². The summed E-state index contributed by atoms with van der Waals surface area (Å²) in [5, 5.41) is 6.05. The van der Waals surface area contributed by atoms with E-state index in [1.165, 1.54) is 11.3 Å². The summed E-state index contributed by atoms with van der Waals surface area (Å²) in [4.78, 5) is 16.9. The first-order chi connectivity index (χ1) is 10.6. The van der Waals surface area contributed by atoms with Gasteiger partial charge in [0, 0.05) is 29.7 Å². The summed E-state index contributed by atoms with van der Waals surface area (Å²) in [5.41, 5.74) is 5.40. The summed E-state index contributed by atoms with van der Waals surface area (Å²) in [7, 11) is 1.99. The van der Waals surface area contributed by atoms with Gasteiger partial charge >= 0.3 is 0 Å². The molecule has 0 bridgehead atoms. The molecule has 0 unspecified atom stereocenters. The molecule has 2 aromatic heterocycles. The van der Waals surface area contributed by atoms with Crippen LogP contribution in [-0.2, 0) is 7.05 Å². The Labute approximate surface area is 132 Å². The number of benzene rings is 1. The monoisotopic (exact) mass is 312 g/mol. The highest BCUT2D eigenvalue weighted by Gasteiger charge is 2.12. The molecule has 0 fully saturated rings. The molecule has 5 nitrogen and oxygen atoms in total. The van der Waals surface area contributed by atoms with E-state index >= 15 is 0 Å². The molecule has 1 amide bonds. The van der Waals surface area contributed by atoms with Gasteiger partial charge in [0.05, 0.1) is 16.9 Å². The van der Waals surface area contributed by atoms with Crippen molar-refractivity contribution >= 4 is 34.4 Å². The van der Waals surface area contributed by atoms with Crippen molar-refractivity contribution in [1.82, 2.24) is 15.0 Å². The van der Waals surface area contributed by atoms with Crippen molar-refractivity contribution in [3.63, 3.8) is 0 Å². The number of rotatable bonds is 3. The fraction of sp³-hybridized carbons (Fsp3) is 0.188. The Morgan fingerprint density at radius 2 is 2.14 bits per heavy atom. The van der Waals surface area contributed by atoms with E-state index in [0.29, 0.717) is 4.88 Å². The van der Waals surface area contributed by atoms with Crippen molar-refractivity contribution in [3.05, 3.63) is 51.6 Å². The van der Waals surface area contributed by atoms with Crippen molar-refractivity contribution in [1.29, 1.82) is 0 Å². The number of carbonyl (C=O) groups excluding carboxylic acids is 1. The van der Waals surface area contributed by atoms with Gasteiger partial charge in [-0.05, 0) is 19.9 Å². The van der Waals surface area contributed by atoms with E-state index in [4.69, 9.17) is 0 Å². The highest BCUT2D eigenvalue weighted by atomic mass is 32.1. The van der Waals surface area contributed by atoms with Crippen molar-refractivity contribution in [2.75, 3.05) is 0 Å². The zero-order chi connectivity index (χ0) is 15.7. The number of para-hydroxylation sites is 1. The number of hydrazone groups is 1. The van der Waals surface area contributed by atoms with Gasteiger partial charge in [-0.3, -0.25) is 4.79 Å². The van der Waals surface area contributed by atoms with Crippen LogP contribution in [0.2, 0.25) is 0 Å². The summed E-state index contributed by atoms with van der Waals surface area (Å²) >= 11 is 1.37. The Bertz CT molecular complexity index is 876. The Balaban J connectivity index is 1.79. The molecule has 3 rings (SSSR count). The predicted octanol–water partition coefficient (Wildman–Crippen LogP) is 3.02. The van der Waals surface area contributed by atoms with Gasteiger partial charge in [0.2, 0.25) is 0 Å². The average Bonchev–Trinajstić information content (AvgIpc) is 3.00. The predicted molar refractivity (Wildman–Crippen MR) is 89.6 cm³/mol. The number of hydrogen-bond donors (Lipinski definition) is 1. The SMILES string of the molecule is Cc1nc(C)c(C(=O)N/N=C/c2cn(C)c3ccccc23)s1. The lowest BCUT2D eigenvalue weighted by molar-refractivity contribution is 0.0958. The Morgan fingerprint density at radius 1 is 1.36 bits per heavy atom. The molecule has 1 N–H and O–H groups in total. The Hall–Kier alpha value is -2.47. The molecular weight excluding hydrogens is 296 g/mol. The van der Waals surface area contributed by atoms with Crippen LogP contribution in [0.3, 0.4) is 0 Å². The molecule has 3 aromatic rings. The normalized spacial score (nSPS) is 11.4. The summed E-state index contributed by atoms with van der Waals surface area (Å²) < 4.78 is 2.04. The van der Waals surface area contributed by atoms with E-state index in [-0.39, 0.29) is 5.91 Å². The number of carbonyl (C=O) groups is 1. The minimum Gasteiger partial charge on any atom is -0.350 e. The van der Waals surface area contributed by atoms with Crippen LogP contribution in [-0.4, -0.2) is 21.7 Å². The first kappa shape index (κ1) is 14.5. The van der Waals surface area contributed by atoms with Crippen LogP contribution >= 0.6 is 11.3 Å². The minimum absolute atomic E-state index is 0.223. The van der Waals surface area contributed by atoms with E-state index in [2.05, 4.69) is 21.6 Å². The van der Waals surface area contributed by atoms with Crippen LogP contribution < -0.4 is 5.43 Å². The molecule has 22 heavy (non-hydrogen) atoms. The van der Waals surface area contributed by atoms with Gasteiger partial charge in [0.25, 0.3) is 5.91 Å². The highest BCUT2D eigenvalue weighted by molar-refractivity contribution is 7.13. The van der Waals surface area contributed by atoms with Crippen molar-refractivity contribution in [2.45, 2.75) is 13.8 Å². The fourth-order valence-corrected chi connectivity index (χ4v) is 3.24. The van der Waals surface area contributed by atoms with E-state index in [9.17, 15) is 4.79 Å².